The number of hydrogen-bond donors (Lipinski definition) is 0. The zero-order valence-electron chi connectivity index (χ0n) is 13.2. The molecule has 0 bridgehead atoms. The minimum Gasteiger partial charge on any atom is -0.460 e. The predicted molar refractivity (Wildman–Crippen MR) is 79.3 cm³/mol. The van der Waals surface area contributed by atoms with Gasteiger partial charge in [-0.25, -0.2) is 9.59 Å². The van der Waals surface area contributed by atoms with Crippen LogP contribution in [0, 0.1) is 0 Å². The second-order valence-corrected chi connectivity index (χ2v) is 5.11. The van der Waals surface area contributed by atoms with Gasteiger partial charge in [0.05, 0.1) is 12.2 Å². The molecular formula is C16H28O4. The molecule has 0 N–H and O–H groups in total. The van der Waals surface area contributed by atoms with Gasteiger partial charge in [0.25, 0.3) is 0 Å². The second-order valence-electron chi connectivity index (χ2n) is 5.11. The van der Waals surface area contributed by atoms with E-state index >= 15 is 0 Å². The van der Waals surface area contributed by atoms with Gasteiger partial charge in [-0.2, -0.15) is 0 Å². The fourth-order valence-electron chi connectivity index (χ4n) is 1.82. The Morgan fingerprint density at radius 1 is 0.850 bits per heavy atom. The van der Waals surface area contributed by atoms with E-state index in [1.165, 1.54) is 0 Å². The molecule has 116 valence electrons. The van der Waals surface area contributed by atoms with E-state index < -0.39 is 11.9 Å². The topological polar surface area (TPSA) is 52.6 Å². The molecule has 0 fully saturated rings. The Hall–Kier alpha value is -1.32. The molecule has 0 saturated carbocycles. The number of hydrogen-bond acceptors (Lipinski definition) is 4. The average molecular weight is 284 g/mol. The third-order valence-electron chi connectivity index (χ3n) is 2.90. The van der Waals surface area contributed by atoms with Crippen LogP contribution in [0.2, 0.25) is 0 Å². The molecular weight excluding hydrogens is 256 g/mol. The molecule has 20 heavy (non-hydrogen) atoms. The minimum absolute atomic E-state index is 0.117. The number of carbonyl (C=O) groups is 2. The average Bonchev–Trinajstić information content (AvgIpc) is 2.37. The Morgan fingerprint density at radius 3 is 1.80 bits per heavy atom. The Morgan fingerprint density at radius 2 is 1.35 bits per heavy atom. The lowest BCUT2D eigenvalue weighted by Crippen LogP contribution is -2.15. The van der Waals surface area contributed by atoms with Crippen LogP contribution in [-0.4, -0.2) is 24.1 Å². The van der Waals surface area contributed by atoms with E-state index in [-0.39, 0.29) is 12.2 Å². The highest BCUT2D eigenvalue weighted by atomic mass is 16.5. The zero-order chi connectivity index (χ0) is 15.4. The number of carbonyl (C=O) groups excluding carboxylic acids is 2. The molecule has 0 rings (SSSR count). The lowest BCUT2D eigenvalue weighted by molar-refractivity contribution is -0.145. The standard InChI is InChI=1S/C16H28O4/c1-5-7-8-10-14(4)20-16(18)12-11-15(17)19-13(3)9-6-2/h11-14H,5-10H2,1-4H3/b12-11+. The van der Waals surface area contributed by atoms with Crippen LogP contribution in [-0.2, 0) is 19.1 Å². The maximum Gasteiger partial charge on any atom is 0.331 e. The molecule has 4 nitrogen and oxygen atoms in total. The first-order valence-electron chi connectivity index (χ1n) is 7.58. The van der Waals surface area contributed by atoms with Crippen molar-refractivity contribution in [1.29, 1.82) is 0 Å². The van der Waals surface area contributed by atoms with Crippen LogP contribution in [0.25, 0.3) is 0 Å². The minimum atomic E-state index is -0.499. The summed E-state index contributed by atoms with van der Waals surface area (Å²) < 4.78 is 10.3. The van der Waals surface area contributed by atoms with E-state index in [9.17, 15) is 9.59 Å². The molecule has 4 heteroatoms. The van der Waals surface area contributed by atoms with Crippen molar-refractivity contribution in [3.8, 4) is 0 Å². The molecule has 0 aromatic carbocycles. The van der Waals surface area contributed by atoms with Crippen molar-refractivity contribution in [3.05, 3.63) is 12.2 Å². The molecule has 0 aliphatic rings. The molecule has 0 heterocycles. The van der Waals surface area contributed by atoms with E-state index in [1.54, 1.807) is 0 Å². The van der Waals surface area contributed by atoms with Crippen LogP contribution in [0.3, 0.4) is 0 Å². The van der Waals surface area contributed by atoms with Crippen LogP contribution in [0.4, 0.5) is 0 Å². The van der Waals surface area contributed by atoms with Crippen molar-refractivity contribution in [2.45, 2.75) is 78.4 Å². The molecule has 0 saturated heterocycles. The quantitative estimate of drug-likeness (QED) is 0.348. The first kappa shape index (κ1) is 18.7. The normalized spacial score (nSPS) is 14.0. The summed E-state index contributed by atoms with van der Waals surface area (Å²) in [5, 5.41) is 0. The molecule has 0 aromatic rings. The Labute approximate surface area is 122 Å². The Kier molecular flexibility index (Phi) is 10.7. The second kappa shape index (κ2) is 11.5. The van der Waals surface area contributed by atoms with Gasteiger partial charge in [0.1, 0.15) is 0 Å². The SMILES string of the molecule is CCCCCC(C)OC(=O)/C=C/C(=O)OC(C)CCC. The van der Waals surface area contributed by atoms with Gasteiger partial charge in [-0.05, 0) is 33.1 Å². The maximum absolute atomic E-state index is 11.5. The van der Waals surface area contributed by atoms with E-state index in [1.807, 2.05) is 20.8 Å². The number of ether oxygens (including phenoxy) is 2. The fraction of sp³-hybridized carbons (Fsp3) is 0.750. The van der Waals surface area contributed by atoms with Crippen LogP contribution in [0.15, 0.2) is 12.2 Å². The smallest absolute Gasteiger partial charge is 0.331 e. The molecule has 0 spiro atoms. The van der Waals surface area contributed by atoms with Crippen molar-refractivity contribution in [1.82, 2.24) is 0 Å². The van der Waals surface area contributed by atoms with Crippen molar-refractivity contribution in [3.63, 3.8) is 0 Å². The van der Waals surface area contributed by atoms with Gasteiger partial charge < -0.3 is 9.47 Å². The van der Waals surface area contributed by atoms with Gasteiger partial charge in [0.2, 0.25) is 0 Å². The number of esters is 2. The van der Waals surface area contributed by atoms with Crippen molar-refractivity contribution >= 4 is 11.9 Å². The summed E-state index contributed by atoms with van der Waals surface area (Å²) in [6.45, 7) is 7.86. The molecule has 0 radical (unpaired) electrons. The van der Waals surface area contributed by atoms with Gasteiger partial charge >= 0.3 is 11.9 Å². The summed E-state index contributed by atoms with van der Waals surface area (Å²) in [6, 6.07) is 0. The van der Waals surface area contributed by atoms with E-state index in [2.05, 4.69) is 6.92 Å². The Balaban J connectivity index is 3.94. The van der Waals surface area contributed by atoms with Gasteiger partial charge in [0.15, 0.2) is 0 Å². The van der Waals surface area contributed by atoms with Gasteiger partial charge in [-0.15, -0.1) is 0 Å². The van der Waals surface area contributed by atoms with Crippen molar-refractivity contribution in [2.75, 3.05) is 0 Å². The molecule has 2 atom stereocenters. The van der Waals surface area contributed by atoms with Crippen LogP contribution < -0.4 is 0 Å². The number of rotatable bonds is 10. The highest BCUT2D eigenvalue weighted by molar-refractivity contribution is 5.91. The summed E-state index contributed by atoms with van der Waals surface area (Å²) in [5.74, 6) is -0.990. The molecule has 0 aromatic heterocycles. The highest BCUT2D eigenvalue weighted by Crippen LogP contribution is 2.07. The van der Waals surface area contributed by atoms with E-state index in [4.69, 9.17) is 9.47 Å². The van der Waals surface area contributed by atoms with Crippen LogP contribution in [0.1, 0.15) is 66.2 Å². The summed E-state index contributed by atoms with van der Waals surface area (Å²) >= 11 is 0. The lowest BCUT2D eigenvalue weighted by Gasteiger charge is -2.11. The fourth-order valence-corrected chi connectivity index (χ4v) is 1.82. The summed E-state index contributed by atoms with van der Waals surface area (Å²) in [4.78, 5) is 22.9. The predicted octanol–water partition coefficient (Wildman–Crippen LogP) is 3.79. The van der Waals surface area contributed by atoms with Crippen LogP contribution >= 0.6 is 0 Å². The molecule has 0 amide bonds. The lowest BCUT2D eigenvalue weighted by atomic mass is 10.1. The first-order valence-corrected chi connectivity index (χ1v) is 7.58. The molecule has 2 unspecified atom stereocenters. The largest absolute Gasteiger partial charge is 0.460 e. The highest BCUT2D eigenvalue weighted by Gasteiger charge is 2.09. The van der Waals surface area contributed by atoms with Gasteiger partial charge in [0, 0.05) is 12.2 Å². The molecule has 0 aliphatic carbocycles. The summed E-state index contributed by atoms with van der Waals surface area (Å²) in [5.41, 5.74) is 0. The first-order chi connectivity index (χ1) is 9.49. The third-order valence-corrected chi connectivity index (χ3v) is 2.90. The Bertz CT molecular complexity index is 310. The number of unbranched alkanes of at least 4 members (excludes halogenated alkanes) is 2. The van der Waals surface area contributed by atoms with Crippen molar-refractivity contribution in [2.24, 2.45) is 0 Å². The third kappa shape index (κ3) is 10.6. The van der Waals surface area contributed by atoms with Crippen molar-refractivity contribution < 1.29 is 19.1 Å². The summed E-state index contributed by atoms with van der Waals surface area (Å²) in [7, 11) is 0. The van der Waals surface area contributed by atoms with Gasteiger partial charge in [-0.1, -0.05) is 33.1 Å². The van der Waals surface area contributed by atoms with E-state index in [0.717, 1.165) is 50.7 Å². The molecule has 0 aliphatic heterocycles. The van der Waals surface area contributed by atoms with Gasteiger partial charge in [-0.3, -0.25) is 0 Å². The van der Waals surface area contributed by atoms with E-state index in [0.29, 0.717) is 0 Å². The monoisotopic (exact) mass is 284 g/mol. The summed E-state index contributed by atoms with van der Waals surface area (Å²) in [6.07, 6.45) is 7.98. The zero-order valence-corrected chi connectivity index (χ0v) is 13.2. The maximum atomic E-state index is 11.5. The van der Waals surface area contributed by atoms with Crippen LogP contribution in [0.5, 0.6) is 0 Å².